The van der Waals surface area contributed by atoms with Gasteiger partial charge in [-0.15, -0.1) is 11.8 Å². The van der Waals surface area contributed by atoms with Gasteiger partial charge < -0.3 is 14.8 Å². The van der Waals surface area contributed by atoms with E-state index in [0.29, 0.717) is 17.2 Å². The number of amides is 1. The van der Waals surface area contributed by atoms with Crippen LogP contribution in [0.15, 0.2) is 76.5 Å². The van der Waals surface area contributed by atoms with Crippen molar-refractivity contribution in [1.82, 2.24) is 0 Å². The van der Waals surface area contributed by atoms with Crippen molar-refractivity contribution < 1.29 is 22.7 Å². The molecule has 174 valence electrons. The number of carbonyl (C=O) groups excluding carboxylic acids is 1. The molecule has 0 aliphatic carbocycles. The number of carbonyl (C=O) groups is 1. The third kappa shape index (κ3) is 6.43. The number of aryl methyl sites for hydroxylation is 1. The Labute approximate surface area is 198 Å². The lowest BCUT2D eigenvalue weighted by molar-refractivity contribution is -0.115. The van der Waals surface area contributed by atoms with Gasteiger partial charge in [-0.05, 0) is 62.4 Å². The predicted molar refractivity (Wildman–Crippen MR) is 132 cm³/mol. The highest BCUT2D eigenvalue weighted by atomic mass is 32.2. The van der Waals surface area contributed by atoms with Gasteiger partial charge >= 0.3 is 0 Å². The number of anilines is 2. The summed E-state index contributed by atoms with van der Waals surface area (Å²) in [5, 5.41) is 2.50. The van der Waals surface area contributed by atoms with Crippen LogP contribution in [-0.2, 0) is 14.8 Å². The number of thioether (sulfide) groups is 1. The molecule has 0 saturated carbocycles. The highest BCUT2D eigenvalue weighted by Gasteiger charge is 2.18. The summed E-state index contributed by atoms with van der Waals surface area (Å²) in [5.74, 6) is 0.712. The molecule has 0 aliphatic heterocycles. The van der Waals surface area contributed by atoms with E-state index in [4.69, 9.17) is 9.47 Å². The molecule has 0 unspecified atom stereocenters. The van der Waals surface area contributed by atoms with Crippen LogP contribution in [0.2, 0.25) is 0 Å². The van der Waals surface area contributed by atoms with Gasteiger partial charge in [-0.25, -0.2) is 8.42 Å². The number of methoxy groups -OCH3 is 2. The number of benzene rings is 3. The maximum Gasteiger partial charge on any atom is 0.262 e. The Morgan fingerprint density at radius 3 is 2.21 bits per heavy atom. The molecule has 0 fully saturated rings. The minimum Gasteiger partial charge on any atom is -0.497 e. The molecule has 3 aromatic carbocycles. The van der Waals surface area contributed by atoms with Crippen molar-refractivity contribution in [2.75, 3.05) is 24.3 Å². The Morgan fingerprint density at radius 2 is 1.61 bits per heavy atom. The summed E-state index contributed by atoms with van der Waals surface area (Å²) in [5.41, 5.74) is 1.96. The summed E-state index contributed by atoms with van der Waals surface area (Å²) in [4.78, 5) is 13.6. The number of hydrogen-bond acceptors (Lipinski definition) is 6. The van der Waals surface area contributed by atoms with Gasteiger partial charge in [0.2, 0.25) is 5.91 Å². The molecule has 33 heavy (non-hydrogen) atoms. The molecule has 1 amide bonds. The van der Waals surface area contributed by atoms with Gasteiger partial charge in [-0.3, -0.25) is 9.52 Å². The molecule has 2 N–H and O–H groups in total. The van der Waals surface area contributed by atoms with Crippen LogP contribution in [0.1, 0.15) is 12.5 Å². The third-order valence-electron chi connectivity index (χ3n) is 4.79. The van der Waals surface area contributed by atoms with Gasteiger partial charge in [-0.1, -0.05) is 17.7 Å². The lowest BCUT2D eigenvalue weighted by atomic mass is 10.2. The fraction of sp³-hybridized carbons (Fsp3) is 0.208. The smallest absolute Gasteiger partial charge is 0.262 e. The SMILES string of the molecule is COc1ccc(NS(=O)(=O)c2ccc(NC(=O)[C@@H](C)Sc3ccc(C)cc3)cc2)c(OC)c1. The number of rotatable bonds is 9. The Balaban J connectivity index is 1.66. The topological polar surface area (TPSA) is 93.7 Å². The zero-order chi connectivity index (χ0) is 24.0. The standard InChI is InChI=1S/C24H26N2O5S2/c1-16-5-10-20(11-6-16)32-17(2)24(27)25-18-7-12-21(13-8-18)33(28,29)26-22-14-9-19(30-3)15-23(22)31-4/h5-15,17,26H,1-4H3,(H,25,27)/t17-/m1/s1. The second-order valence-corrected chi connectivity index (χ2v) is 10.4. The number of hydrogen-bond donors (Lipinski definition) is 2. The fourth-order valence-electron chi connectivity index (χ4n) is 2.92. The van der Waals surface area contributed by atoms with Crippen molar-refractivity contribution in [2.24, 2.45) is 0 Å². The molecule has 0 saturated heterocycles. The first-order chi connectivity index (χ1) is 15.7. The number of ether oxygens (including phenoxy) is 2. The van der Waals surface area contributed by atoms with Gasteiger partial charge in [0, 0.05) is 16.6 Å². The Kier molecular flexibility index (Phi) is 7.88. The molecule has 3 aromatic rings. The molecular formula is C24H26N2O5S2. The van der Waals surface area contributed by atoms with E-state index in [-0.39, 0.29) is 21.7 Å². The summed E-state index contributed by atoms with van der Waals surface area (Å²) in [7, 11) is -0.898. The summed E-state index contributed by atoms with van der Waals surface area (Å²) >= 11 is 1.46. The van der Waals surface area contributed by atoms with Crippen LogP contribution in [0, 0.1) is 6.92 Å². The van der Waals surface area contributed by atoms with Gasteiger partial charge in [0.15, 0.2) is 0 Å². The molecule has 9 heteroatoms. The van der Waals surface area contributed by atoms with Crippen LogP contribution in [0.25, 0.3) is 0 Å². The Morgan fingerprint density at radius 1 is 0.939 bits per heavy atom. The van der Waals surface area contributed by atoms with Crippen LogP contribution in [0.5, 0.6) is 11.5 Å². The van der Waals surface area contributed by atoms with Crippen LogP contribution in [0.4, 0.5) is 11.4 Å². The summed E-state index contributed by atoms with van der Waals surface area (Å²) < 4.78 is 38.5. The highest BCUT2D eigenvalue weighted by Crippen LogP contribution is 2.31. The summed E-state index contributed by atoms with van der Waals surface area (Å²) in [6.07, 6.45) is 0. The number of sulfonamides is 1. The molecule has 1 atom stereocenters. The average Bonchev–Trinajstić information content (AvgIpc) is 2.81. The maximum absolute atomic E-state index is 12.8. The first-order valence-corrected chi connectivity index (χ1v) is 12.5. The second kappa shape index (κ2) is 10.6. The monoisotopic (exact) mass is 486 g/mol. The van der Waals surface area contributed by atoms with Gasteiger partial charge in [0.1, 0.15) is 11.5 Å². The van der Waals surface area contributed by atoms with Crippen molar-refractivity contribution in [2.45, 2.75) is 28.9 Å². The van der Waals surface area contributed by atoms with E-state index in [1.54, 1.807) is 30.3 Å². The minimum absolute atomic E-state index is 0.0560. The van der Waals surface area contributed by atoms with E-state index in [1.165, 1.54) is 38.1 Å². The van der Waals surface area contributed by atoms with Crippen molar-refractivity contribution >= 4 is 39.1 Å². The largest absolute Gasteiger partial charge is 0.497 e. The first-order valence-electron chi connectivity index (χ1n) is 10.1. The van der Waals surface area contributed by atoms with Crippen LogP contribution < -0.4 is 19.5 Å². The van der Waals surface area contributed by atoms with E-state index in [9.17, 15) is 13.2 Å². The highest BCUT2D eigenvalue weighted by molar-refractivity contribution is 8.00. The molecule has 0 radical (unpaired) electrons. The van der Waals surface area contributed by atoms with Crippen LogP contribution in [-0.4, -0.2) is 33.8 Å². The molecule has 0 heterocycles. The Bertz CT molecular complexity index is 1210. The van der Waals surface area contributed by atoms with E-state index in [2.05, 4.69) is 10.0 Å². The molecule has 0 aromatic heterocycles. The van der Waals surface area contributed by atoms with Crippen LogP contribution >= 0.6 is 11.8 Å². The van der Waals surface area contributed by atoms with Gasteiger partial charge in [0.05, 0.1) is 30.1 Å². The van der Waals surface area contributed by atoms with E-state index >= 15 is 0 Å². The molecule has 7 nitrogen and oxygen atoms in total. The van der Waals surface area contributed by atoms with E-state index in [1.807, 2.05) is 38.1 Å². The molecule has 0 bridgehead atoms. The molecule has 0 spiro atoms. The molecular weight excluding hydrogens is 460 g/mol. The predicted octanol–water partition coefficient (Wildman–Crippen LogP) is 4.93. The van der Waals surface area contributed by atoms with E-state index in [0.717, 1.165) is 10.5 Å². The van der Waals surface area contributed by atoms with Crippen molar-refractivity contribution in [3.63, 3.8) is 0 Å². The van der Waals surface area contributed by atoms with Gasteiger partial charge in [0.25, 0.3) is 10.0 Å². The third-order valence-corrected chi connectivity index (χ3v) is 7.28. The minimum atomic E-state index is -3.86. The molecule has 3 rings (SSSR count). The Hall–Kier alpha value is -3.17. The normalized spacial score (nSPS) is 12.0. The lowest BCUT2D eigenvalue weighted by Crippen LogP contribution is -2.22. The second-order valence-electron chi connectivity index (χ2n) is 7.26. The zero-order valence-corrected chi connectivity index (χ0v) is 20.4. The quantitative estimate of drug-likeness (QED) is 0.417. The molecule has 0 aliphatic rings. The lowest BCUT2D eigenvalue weighted by Gasteiger charge is -2.14. The zero-order valence-electron chi connectivity index (χ0n) is 18.8. The van der Waals surface area contributed by atoms with Crippen molar-refractivity contribution in [3.8, 4) is 11.5 Å². The summed E-state index contributed by atoms with van der Waals surface area (Å²) in [6.45, 7) is 3.84. The average molecular weight is 487 g/mol. The summed E-state index contributed by atoms with van der Waals surface area (Å²) in [6, 6.07) is 18.7. The fourth-order valence-corrected chi connectivity index (χ4v) is 4.86. The maximum atomic E-state index is 12.8. The van der Waals surface area contributed by atoms with Gasteiger partial charge in [-0.2, -0.15) is 0 Å². The van der Waals surface area contributed by atoms with E-state index < -0.39 is 10.0 Å². The number of nitrogens with one attached hydrogen (secondary N) is 2. The van der Waals surface area contributed by atoms with Crippen molar-refractivity contribution in [1.29, 1.82) is 0 Å². The van der Waals surface area contributed by atoms with Crippen LogP contribution in [0.3, 0.4) is 0 Å². The first kappa shape index (κ1) is 24.5. The van der Waals surface area contributed by atoms with Crippen molar-refractivity contribution in [3.05, 3.63) is 72.3 Å².